The fraction of sp³-hybridized carbons (Fsp3) is 0.364. The maximum atomic E-state index is 13.2. The molecule has 0 unspecified atom stereocenters. The van der Waals surface area contributed by atoms with Crippen LogP contribution in [0.3, 0.4) is 0 Å². The highest BCUT2D eigenvalue weighted by atomic mass is 19.4. The summed E-state index contributed by atoms with van der Waals surface area (Å²) in [5.74, 6) is -4.33. The van der Waals surface area contributed by atoms with Crippen molar-refractivity contribution in [2.75, 3.05) is 13.2 Å². The number of esters is 2. The summed E-state index contributed by atoms with van der Waals surface area (Å²) < 4.78 is 88.9. The SMILES string of the molecule is CCOC(=O)c1c(O)cc(C(F)(F)F)cc1CCc1cc(C(F)(F)F)cc(O)c1C(=O)OCC. The molecular weight excluding hydrogens is 474 g/mol. The number of carbonyl (C=O) groups excluding carboxylic acids is 2. The number of ether oxygens (including phenoxy) is 2. The predicted octanol–water partition coefficient (Wildman–Crippen LogP) is 5.27. The van der Waals surface area contributed by atoms with Crippen molar-refractivity contribution in [1.82, 2.24) is 0 Å². The number of carbonyl (C=O) groups is 2. The minimum Gasteiger partial charge on any atom is -0.507 e. The van der Waals surface area contributed by atoms with Gasteiger partial charge in [-0.15, -0.1) is 0 Å². The number of phenols is 2. The van der Waals surface area contributed by atoms with Crippen LogP contribution in [0.15, 0.2) is 24.3 Å². The van der Waals surface area contributed by atoms with Gasteiger partial charge in [0.05, 0.1) is 24.3 Å². The normalized spacial score (nSPS) is 11.9. The number of hydrogen-bond acceptors (Lipinski definition) is 6. The lowest BCUT2D eigenvalue weighted by Crippen LogP contribution is -2.15. The Morgan fingerprint density at radius 1 is 0.706 bits per heavy atom. The zero-order chi connectivity index (χ0) is 25.8. The molecule has 0 bridgehead atoms. The van der Waals surface area contributed by atoms with Crippen molar-refractivity contribution in [3.63, 3.8) is 0 Å². The Labute approximate surface area is 189 Å². The average Bonchev–Trinajstić information content (AvgIpc) is 2.70. The molecule has 0 spiro atoms. The van der Waals surface area contributed by atoms with Crippen LogP contribution in [0.4, 0.5) is 26.3 Å². The number of halogens is 6. The molecule has 0 aliphatic carbocycles. The van der Waals surface area contributed by atoms with E-state index in [4.69, 9.17) is 9.47 Å². The number of benzene rings is 2. The van der Waals surface area contributed by atoms with E-state index in [-0.39, 0.29) is 24.3 Å². The van der Waals surface area contributed by atoms with E-state index < -0.39 is 70.9 Å². The molecule has 0 saturated carbocycles. The van der Waals surface area contributed by atoms with E-state index >= 15 is 0 Å². The summed E-state index contributed by atoms with van der Waals surface area (Å²) >= 11 is 0. The van der Waals surface area contributed by atoms with Gasteiger partial charge in [0.2, 0.25) is 0 Å². The lowest BCUT2D eigenvalue weighted by molar-refractivity contribution is -0.138. The van der Waals surface area contributed by atoms with Gasteiger partial charge in [-0.05, 0) is 62.1 Å². The van der Waals surface area contributed by atoms with Gasteiger partial charge in [0.15, 0.2) is 0 Å². The molecule has 12 heteroatoms. The predicted molar refractivity (Wildman–Crippen MR) is 106 cm³/mol. The number of aryl methyl sites for hydroxylation is 2. The van der Waals surface area contributed by atoms with Gasteiger partial charge in [0.25, 0.3) is 0 Å². The summed E-state index contributed by atoms with van der Waals surface area (Å²) in [6.45, 7) is 2.53. The molecule has 0 radical (unpaired) electrons. The Bertz CT molecular complexity index is 990. The minimum atomic E-state index is -4.90. The summed E-state index contributed by atoms with van der Waals surface area (Å²) in [6.07, 6.45) is -10.8. The number of hydrogen-bond donors (Lipinski definition) is 2. The summed E-state index contributed by atoms with van der Waals surface area (Å²) in [5, 5.41) is 20.1. The molecule has 6 nitrogen and oxygen atoms in total. The second kappa shape index (κ2) is 10.2. The lowest BCUT2D eigenvalue weighted by atomic mass is 9.93. The molecule has 0 fully saturated rings. The van der Waals surface area contributed by atoms with Crippen molar-refractivity contribution in [2.45, 2.75) is 39.0 Å². The van der Waals surface area contributed by atoms with Crippen molar-refractivity contribution >= 4 is 11.9 Å². The molecular formula is C22H20F6O6. The molecule has 2 N–H and O–H groups in total. The molecule has 186 valence electrons. The number of rotatable bonds is 7. The van der Waals surface area contributed by atoms with Gasteiger partial charge in [-0.25, -0.2) is 9.59 Å². The number of phenolic OH excluding ortho intramolecular Hbond substituents is 2. The maximum absolute atomic E-state index is 13.2. The van der Waals surface area contributed by atoms with Gasteiger partial charge >= 0.3 is 24.3 Å². The van der Waals surface area contributed by atoms with Crippen LogP contribution in [-0.4, -0.2) is 35.4 Å². The largest absolute Gasteiger partial charge is 0.507 e. The van der Waals surface area contributed by atoms with Gasteiger partial charge < -0.3 is 19.7 Å². The molecule has 0 aliphatic heterocycles. The summed E-state index contributed by atoms with van der Waals surface area (Å²) in [4.78, 5) is 24.5. The van der Waals surface area contributed by atoms with E-state index in [0.29, 0.717) is 24.3 Å². The zero-order valence-corrected chi connectivity index (χ0v) is 17.9. The van der Waals surface area contributed by atoms with E-state index in [1.165, 1.54) is 13.8 Å². The van der Waals surface area contributed by atoms with E-state index in [2.05, 4.69) is 0 Å². The van der Waals surface area contributed by atoms with Crippen molar-refractivity contribution < 1.29 is 55.6 Å². The minimum absolute atomic E-state index is 0.159. The Kier molecular flexibility index (Phi) is 8.06. The second-order valence-electron chi connectivity index (χ2n) is 7.00. The van der Waals surface area contributed by atoms with E-state index in [9.17, 15) is 46.1 Å². The van der Waals surface area contributed by atoms with Gasteiger partial charge in [-0.1, -0.05) is 0 Å². The standard InChI is InChI=1S/C22H20F6O6/c1-3-33-19(31)17-11(7-13(9-15(17)29)21(23,24)25)5-6-12-8-14(22(26,27)28)10-16(30)18(12)20(32)34-4-2/h7-10,29-30H,3-6H2,1-2H3. The molecule has 2 aromatic rings. The summed E-state index contributed by atoms with van der Waals surface area (Å²) in [5.41, 5.74) is -4.54. The first-order chi connectivity index (χ1) is 15.7. The molecule has 0 aliphatic rings. The van der Waals surface area contributed by atoms with E-state index in [0.717, 1.165) is 0 Å². The van der Waals surface area contributed by atoms with Gasteiger partial charge in [0, 0.05) is 0 Å². The van der Waals surface area contributed by atoms with Crippen molar-refractivity contribution in [1.29, 1.82) is 0 Å². The highest BCUT2D eigenvalue weighted by Crippen LogP contribution is 2.38. The third-order valence-electron chi connectivity index (χ3n) is 4.68. The fourth-order valence-electron chi connectivity index (χ4n) is 3.24. The third-order valence-corrected chi connectivity index (χ3v) is 4.68. The van der Waals surface area contributed by atoms with Crippen LogP contribution in [0, 0.1) is 0 Å². The molecule has 0 atom stereocenters. The van der Waals surface area contributed by atoms with Crippen LogP contribution in [0.1, 0.15) is 56.8 Å². The number of alkyl halides is 6. The van der Waals surface area contributed by atoms with E-state index in [1.54, 1.807) is 0 Å². The van der Waals surface area contributed by atoms with Gasteiger partial charge in [-0.3, -0.25) is 0 Å². The Morgan fingerprint density at radius 2 is 1.03 bits per heavy atom. The molecule has 0 heterocycles. The van der Waals surface area contributed by atoms with Crippen LogP contribution in [-0.2, 0) is 34.7 Å². The smallest absolute Gasteiger partial charge is 0.416 e. The first-order valence-electron chi connectivity index (χ1n) is 9.91. The highest BCUT2D eigenvalue weighted by molar-refractivity contribution is 5.95. The van der Waals surface area contributed by atoms with Crippen molar-refractivity contribution in [2.24, 2.45) is 0 Å². The van der Waals surface area contributed by atoms with E-state index in [1.807, 2.05) is 0 Å². The highest BCUT2D eigenvalue weighted by Gasteiger charge is 2.35. The molecule has 0 aromatic heterocycles. The summed E-state index contributed by atoms with van der Waals surface area (Å²) in [6, 6.07) is 1.78. The molecule has 2 rings (SSSR count). The first-order valence-corrected chi connectivity index (χ1v) is 9.91. The third kappa shape index (κ3) is 6.12. The molecule has 0 amide bonds. The second-order valence-corrected chi connectivity index (χ2v) is 7.00. The van der Waals surface area contributed by atoms with Crippen molar-refractivity contribution in [3.8, 4) is 11.5 Å². The first kappa shape index (κ1) is 26.8. The quantitative estimate of drug-likeness (QED) is 0.402. The lowest BCUT2D eigenvalue weighted by Gasteiger charge is -2.17. The zero-order valence-electron chi connectivity index (χ0n) is 17.9. The van der Waals surface area contributed by atoms with Gasteiger partial charge in [-0.2, -0.15) is 26.3 Å². The van der Waals surface area contributed by atoms with Crippen molar-refractivity contribution in [3.05, 3.63) is 57.6 Å². The maximum Gasteiger partial charge on any atom is 0.416 e. The Hall–Kier alpha value is -3.44. The van der Waals surface area contributed by atoms with Crippen LogP contribution in [0.25, 0.3) is 0 Å². The average molecular weight is 494 g/mol. The molecule has 2 aromatic carbocycles. The van der Waals surface area contributed by atoms with Crippen LogP contribution >= 0.6 is 0 Å². The van der Waals surface area contributed by atoms with Gasteiger partial charge in [0.1, 0.15) is 22.6 Å². The summed E-state index contributed by atoms with van der Waals surface area (Å²) in [7, 11) is 0. The fourth-order valence-corrected chi connectivity index (χ4v) is 3.24. The topological polar surface area (TPSA) is 93.1 Å². The van der Waals surface area contributed by atoms with Crippen LogP contribution in [0.5, 0.6) is 11.5 Å². The van der Waals surface area contributed by atoms with Crippen LogP contribution in [0.2, 0.25) is 0 Å². The monoisotopic (exact) mass is 494 g/mol. The Balaban J connectivity index is 2.62. The Morgan fingerprint density at radius 3 is 1.29 bits per heavy atom. The number of aromatic hydroxyl groups is 2. The van der Waals surface area contributed by atoms with Crippen LogP contribution < -0.4 is 0 Å². The molecule has 34 heavy (non-hydrogen) atoms. The molecule has 0 saturated heterocycles.